The van der Waals surface area contributed by atoms with E-state index in [1.165, 1.54) is 4.90 Å². The van der Waals surface area contributed by atoms with Crippen molar-refractivity contribution in [1.29, 1.82) is 0 Å². The van der Waals surface area contributed by atoms with Crippen molar-refractivity contribution in [3.05, 3.63) is 82.1 Å². The maximum atomic E-state index is 12.6. The Morgan fingerprint density at radius 1 is 0.958 bits per heavy atom. The highest BCUT2D eigenvalue weighted by Gasteiger charge is 2.36. The van der Waals surface area contributed by atoms with E-state index in [9.17, 15) is 9.59 Å². The smallest absolute Gasteiger partial charge is 0.266 e. The van der Waals surface area contributed by atoms with Crippen LogP contribution in [0.3, 0.4) is 0 Å². The average Bonchev–Trinajstić information content (AvgIpc) is 3.10. The van der Waals surface area contributed by atoms with Gasteiger partial charge in [-0.05, 0) is 45.8 Å². The molecule has 0 spiro atoms. The molecule has 0 saturated carbocycles. The van der Waals surface area contributed by atoms with Crippen LogP contribution in [-0.2, 0) is 6.54 Å². The average molecular weight is 382 g/mol. The molecule has 0 atom stereocenters. The first-order valence-electron chi connectivity index (χ1n) is 7.38. The molecule has 3 aromatic rings. The maximum Gasteiger partial charge on any atom is 0.266 e. The first-order chi connectivity index (χ1) is 11.6. The van der Waals surface area contributed by atoms with E-state index in [1.807, 2.05) is 24.4 Å². The first kappa shape index (κ1) is 14.8. The molecule has 6 heteroatoms. The molecule has 1 aliphatic heterocycles. The van der Waals surface area contributed by atoms with Gasteiger partial charge in [0, 0.05) is 6.20 Å². The van der Waals surface area contributed by atoms with Crippen molar-refractivity contribution in [2.24, 2.45) is 0 Å². The lowest BCUT2D eigenvalue weighted by atomic mass is 10.1. The summed E-state index contributed by atoms with van der Waals surface area (Å²) in [5.74, 6) is -0.566. The Morgan fingerprint density at radius 3 is 2.29 bits per heavy atom. The van der Waals surface area contributed by atoms with Gasteiger partial charge in [0.2, 0.25) is 0 Å². The fraction of sp³-hybridized carbons (Fsp3) is 0.0556. The number of hydrogen-bond acceptors (Lipinski definition) is 3. The Labute approximate surface area is 146 Å². The lowest BCUT2D eigenvalue weighted by Gasteiger charge is -2.15. The number of hydrogen-bond donors (Lipinski definition) is 0. The lowest BCUT2D eigenvalue weighted by molar-refractivity contribution is 0.0926. The van der Waals surface area contributed by atoms with Crippen LogP contribution in [0.2, 0.25) is 0 Å². The molecule has 1 aromatic heterocycles. The highest BCUT2D eigenvalue weighted by molar-refractivity contribution is 9.10. The number of amides is 2. The Morgan fingerprint density at radius 2 is 1.67 bits per heavy atom. The van der Waals surface area contributed by atoms with Crippen LogP contribution in [0.1, 0.15) is 26.3 Å². The van der Waals surface area contributed by atoms with Gasteiger partial charge in [-0.1, -0.05) is 24.3 Å². The van der Waals surface area contributed by atoms with Crippen LogP contribution < -0.4 is 4.90 Å². The molecule has 0 radical (unpaired) electrons. The van der Waals surface area contributed by atoms with E-state index in [-0.39, 0.29) is 11.8 Å². The molecule has 24 heavy (non-hydrogen) atoms. The third-order valence-corrected chi connectivity index (χ3v) is 4.32. The minimum Gasteiger partial charge on any atom is -0.268 e. The van der Waals surface area contributed by atoms with E-state index in [0.29, 0.717) is 23.4 Å². The third kappa shape index (κ3) is 2.45. The predicted octanol–water partition coefficient (Wildman–Crippen LogP) is 3.49. The third-order valence-electron chi connectivity index (χ3n) is 3.91. The molecule has 4 rings (SSSR count). The van der Waals surface area contributed by atoms with Crippen molar-refractivity contribution in [3.63, 3.8) is 0 Å². The number of carbonyl (C=O) groups is 2. The summed E-state index contributed by atoms with van der Waals surface area (Å²) in [6.07, 6.45) is 3.59. The molecule has 5 nitrogen and oxygen atoms in total. The molecular formula is C18H12BrN3O2. The van der Waals surface area contributed by atoms with E-state index in [4.69, 9.17) is 0 Å². The Hall–Kier alpha value is -2.73. The van der Waals surface area contributed by atoms with Crippen molar-refractivity contribution in [3.8, 4) is 0 Å². The van der Waals surface area contributed by atoms with Crippen molar-refractivity contribution in [2.75, 3.05) is 4.90 Å². The number of nitrogens with zero attached hydrogens (tertiary/aromatic N) is 3. The summed E-state index contributed by atoms with van der Waals surface area (Å²) in [6, 6.07) is 14.3. The summed E-state index contributed by atoms with van der Waals surface area (Å²) >= 11 is 3.37. The van der Waals surface area contributed by atoms with E-state index in [0.717, 1.165) is 10.0 Å². The van der Waals surface area contributed by atoms with E-state index < -0.39 is 0 Å². The molecular weight excluding hydrogens is 370 g/mol. The van der Waals surface area contributed by atoms with Crippen molar-refractivity contribution in [1.82, 2.24) is 9.78 Å². The summed E-state index contributed by atoms with van der Waals surface area (Å²) < 4.78 is 2.69. The van der Waals surface area contributed by atoms with Gasteiger partial charge in [0.15, 0.2) is 0 Å². The fourth-order valence-electron chi connectivity index (χ4n) is 2.83. The highest BCUT2D eigenvalue weighted by Crippen LogP contribution is 2.28. The van der Waals surface area contributed by atoms with Gasteiger partial charge in [0.25, 0.3) is 11.8 Å². The van der Waals surface area contributed by atoms with Gasteiger partial charge in [-0.25, -0.2) is 4.90 Å². The molecule has 0 unspecified atom stereocenters. The van der Waals surface area contributed by atoms with Crippen molar-refractivity contribution >= 4 is 33.4 Å². The Kier molecular flexibility index (Phi) is 3.54. The molecule has 1 aliphatic rings. The lowest BCUT2D eigenvalue weighted by Crippen LogP contribution is -2.29. The zero-order valence-electron chi connectivity index (χ0n) is 12.5. The number of fused-ring (bicyclic) bond motifs is 1. The molecule has 0 bridgehead atoms. The number of carbonyl (C=O) groups excluding carboxylic acids is 2. The first-order valence-corrected chi connectivity index (χ1v) is 8.17. The second kappa shape index (κ2) is 5.72. The summed E-state index contributed by atoms with van der Waals surface area (Å²) in [5, 5.41) is 4.22. The second-order valence-electron chi connectivity index (χ2n) is 5.52. The largest absolute Gasteiger partial charge is 0.268 e. The molecule has 0 aliphatic carbocycles. The zero-order chi connectivity index (χ0) is 16.7. The van der Waals surface area contributed by atoms with Crippen LogP contribution in [0.4, 0.5) is 5.69 Å². The SMILES string of the molecule is O=C1c2ccccc2C(=O)N1c1cccc(Cn2cc(Br)cn2)c1. The van der Waals surface area contributed by atoms with Crippen LogP contribution in [0.25, 0.3) is 0 Å². The van der Waals surface area contributed by atoms with Crippen LogP contribution in [0.5, 0.6) is 0 Å². The minimum absolute atomic E-state index is 0.283. The summed E-state index contributed by atoms with van der Waals surface area (Å²) in [5.41, 5.74) is 2.43. The zero-order valence-corrected chi connectivity index (χ0v) is 14.1. The second-order valence-corrected chi connectivity index (χ2v) is 6.43. The summed E-state index contributed by atoms with van der Waals surface area (Å²) in [6.45, 7) is 0.558. The fourth-order valence-corrected chi connectivity index (χ4v) is 3.16. The topological polar surface area (TPSA) is 55.2 Å². The molecule has 118 valence electrons. The van der Waals surface area contributed by atoms with Gasteiger partial charge in [0.05, 0.1) is 34.0 Å². The minimum atomic E-state index is -0.283. The predicted molar refractivity (Wildman–Crippen MR) is 93.1 cm³/mol. The van der Waals surface area contributed by atoms with Gasteiger partial charge in [-0.15, -0.1) is 0 Å². The molecule has 2 aromatic carbocycles. The normalized spacial score (nSPS) is 13.5. The molecule has 0 saturated heterocycles. The van der Waals surface area contributed by atoms with E-state index in [1.54, 1.807) is 41.2 Å². The van der Waals surface area contributed by atoms with Gasteiger partial charge in [0.1, 0.15) is 0 Å². The molecule has 2 amide bonds. The van der Waals surface area contributed by atoms with E-state index in [2.05, 4.69) is 21.0 Å². The Bertz CT molecular complexity index is 929. The number of halogens is 1. The van der Waals surface area contributed by atoms with Crippen LogP contribution >= 0.6 is 15.9 Å². The van der Waals surface area contributed by atoms with Crippen LogP contribution in [-0.4, -0.2) is 21.6 Å². The van der Waals surface area contributed by atoms with E-state index >= 15 is 0 Å². The molecule has 0 N–H and O–H groups in total. The molecule has 2 heterocycles. The van der Waals surface area contributed by atoms with Crippen molar-refractivity contribution < 1.29 is 9.59 Å². The van der Waals surface area contributed by atoms with Crippen molar-refractivity contribution in [2.45, 2.75) is 6.54 Å². The van der Waals surface area contributed by atoms with Gasteiger partial charge >= 0.3 is 0 Å². The summed E-state index contributed by atoms with van der Waals surface area (Å²) in [7, 11) is 0. The van der Waals surface area contributed by atoms with Gasteiger partial charge in [-0.2, -0.15) is 5.10 Å². The monoisotopic (exact) mass is 381 g/mol. The van der Waals surface area contributed by atoms with Gasteiger partial charge in [-0.3, -0.25) is 14.3 Å². The number of rotatable bonds is 3. The maximum absolute atomic E-state index is 12.6. The number of aromatic nitrogens is 2. The quantitative estimate of drug-likeness (QED) is 0.652. The number of anilines is 1. The highest BCUT2D eigenvalue weighted by atomic mass is 79.9. The molecule has 0 fully saturated rings. The summed E-state index contributed by atoms with van der Waals surface area (Å²) in [4.78, 5) is 26.4. The van der Waals surface area contributed by atoms with Crippen LogP contribution in [0, 0.1) is 0 Å². The number of imide groups is 1. The standard InChI is InChI=1S/C18H12BrN3O2/c19-13-9-20-21(11-13)10-12-4-3-5-14(8-12)22-17(23)15-6-1-2-7-16(15)18(22)24/h1-9,11H,10H2. The van der Waals surface area contributed by atoms with Gasteiger partial charge < -0.3 is 0 Å². The van der Waals surface area contributed by atoms with Crippen LogP contribution in [0.15, 0.2) is 65.4 Å². The Balaban J connectivity index is 1.67. The number of benzene rings is 2.